The van der Waals surface area contributed by atoms with Crippen molar-refractivity contribution in [1.82, 2.24) is 10.2 Å². The molecule has 0 saturated heterocycles. The highest BCUT2D eigenvalue weighted by atomic mass is 16.5. The Labute approximate surface area is 76.4 Å². The van der Waals surface area contributed by atoms with Gasteiger partial charge in [-0.05, 0) is 13.0 Å². The molecule has 2 rings (SSSR count). The first-order chi connectivity index (χ1) is 6.40. The van der Waals surface area contributed by atoms with Gasteiger partial charge in [0.1, 0.15) is 0 Å². The number of hydrogen-bond acceptors (Lipinski definition) is 3. The lowest BCUT2D eigenvalue weighted by Gasteiger charge is -2.01. The standard InChI is InChI=1S/C10H10N2O/c1-2-13-10-7-8-5-3-4-6-9(8)11-12-10/h3-7H,2H2,1H3. The van der Waals surface area contributed by atoms with E-state index in [0.717, 1.165) is 10.9 Å². The fourth-order valence-corrected chi connectivity index (χ4v) is 1.18. The number of fused-ring (bicyclic) bond motifs is 1. The zero-order valence-corrected chi connectivity index (χ0v) is 7.40. The molecule has 0 saturated carbocycles. The van der Waals surface area contributed by atoms with E-state index in [1.807, 2.05) is 37.3 Å². The first-order valence-corrected chi connectivity index (χ1v) is 4.25. The zero-order chi connectivity index (χ0) is 9.10. The Bertz CT molecular complexity index is 414. The summed E-state index contributed by atoms with van der Waals surface area (Å²) in [4.78, 5) is 0. The molecule has 0 N–H and O–H groups in total. The van der Waals surface area contributed by atoms with E-state index in [-0.39, 0.29) is 0 Å². The van der Waals surface area contributed by atoms with E-state index >= 15 is 0 Å². The third kappa shape index (κ3) is 1.59. The Balaban J connectivity index is 2.49. The molecule has 0 radical (unpaired) electrons. The van der Waals surface area contributed by atoms with Crippen LogP contribution in [0, 0.1) is 0 Å². The molecule has 0 fully saturated rings. The van der Waals surface area contributed by atoms with Gasteiger partial charge in [-0.25, -0.2) is 0 Å². The summed E-state index contributed by atoms with van der Waals surface area (Å²) in [5, 5.41) is 9.01. The van der Waals surface area contributed by atoms with Crippen LogP contribution >= 0.6 is 0 Å². The van der Waals surface area contributed by atoms with Crippen molar-refractivity contribution in [3.63, 3.8) is 0 Å². The molecule has 3 heteroatoms. The second-order valence-electron chi connectivity index (χ2n) is 2.67. The minimum Gasteiger partial charge on any atom is -0.477 e. The number of benzene rings is 1. The molecule has 0 spiro atoms. The van der Waals surface area contributed by atoms with E-state index in [4.69, 9.17) is 4.74 Å². The molecular weight excluding hydrogens is 164 g/mol. The predicted molar refractivity (Wildman–Crippen MR) is 50.7 cm³/mol. The van der Waals surface area contributed by atoms with Crippen LogP contribution in [0.3, 0.4) is 0 Å². The molecule has 0 aliphatic carbocycles. The largest absolute Gasteiger partial charge is 0.477 e. The number of ether oxygens (including phenoxy) is 1. The molecule has 0 unspecified atom stereocenters. The van der Waals surface area contributed by atoms with Crippen LogP contribution in [0.2, 0.25) is 0 Å². The second kappa shape index (κ2) is 3.39. The lowest BCUT2D eigenvalue weighted by Crippen LogP contribution is -1.95. The summed E-state index contributed by atoms with van der Waals surface area (Å²) in [6.45, 7) is 2.55. The molecule has 3 nitrogen and oxygen atoms in total. The second-order valence-corrected chi connectivity index (χ2v) is 2.67. The smallest absolute Gasteiger partial charge is 0.234 e. The van der Waals surface area contributed by atoms with Crippen molar-refractivity contribution in [2.24, 2.45) is 0 Å². The Kier molecular flexibility index (Phi) is 2.08. The first-order valence-electron chi connectivity index (χ1n) is 4.25. The van der Waals surface area contributed by atoms with Crippen molar-refractivity contribution < 1.29 is 4.74 Å². The normalized spacial score (nSPS) is 10.2. The molecular formula is C10H10N2O. The van der Waals surface area contributed by atoms with E-state index in [9.17, 15) is 0 Å². The van der Waals surface area contributed by atoms with Crippen molar-refractivity contribution in [3.8, 4) is 5.88 Å². The quantitative estimate of drug-likeness (QED) is 0.698. The summed E-state index contributed by atoms with van der Waals surface area (Å²) in [6.07, 6.45) is 0. The van der Waals surface area contributed by atoms with Crippen LogP contribution in [-0.4, -0.2) is 16.8 Å². The minimum atomic E-state index is 0.584. The van der Waals surface area contributed by atoms with Gasteiger partial charge < -0.3 is 4.74 Å². The van der Waals surface area contributed by atoms with Crippen LogP contribution in [0.1, 0.15) is 6.92 Å². The monoisotopic (exact) mass is 174 g/mol. The zero-order valence-electron chi connectivity index (χ0n) is 7.40. The molecule has 2 aromatic rings. The third-order valence-electron chi connectivity index (χ3n) is 1.76. The van der Waals surface area contributed by atoms with Gasteiger partial charge in [0.25, 0.3) is 0 Å². The Hall–Kier alpha value is -1.64. The first kappa shape index (κ1) is 7.98. The van der Waals surface area contributed by atoms with Gasteiger partial charge in [-0.15, -0.1) is 10.2 Å². The lowest BCUT2D eigenvalue weighted by atomic mass is 10.2. The van der Waals surface area contributed by atoms with E-state index in [2.05, 4.69) is 10.2 Å². The Morgan fingerprint density at radius 3 is 2.92 bits per heavy atom. The van der Waals surface area contributed by atoms with Crippen molar-refractivity contribution in [1.29, 1.82) is 0 Å². The molecule has 0 atom stereocenters. The Morgan fingerprint density at radius 2 is 2.08 bits per heavy atom. The molecule has 13 heavy (non-hydrogen) atoms. The van der Waals surface area contributed by atoms with Gasteiger partial charge >= 0.3 is 0 Å². The fourth-order valence-electron chi connectivity index (χ4n) is 1.18. The maximum atomic E-state index is 5.24. The molecule has 0 aliphatic rings. The number of rotatable bonds is 2. The highest BCUT2D eigenvalue weighted by Crippen LogP contribution is 2.14. The molecule has 66 valence electrons. The summed E-state index contributed by atoms with van der Waals surface area (Å²) in [6, 6.07) is 9.73. The van der Waals surface area contributed by atoms with Gasteiger partial charge in [-0.1, -0.05) is 18.2 Å². The molecule has 0 aliphatic heterocycles. The summed E-state index contributed by atoms with van der Waals surface area (Å²) >= 11 is 0. The van der Waals surface area contributed by atoms with E-state index in [1.165, 1.54) is 0 Å². The van der Waals surface area contributed by atoms with Gasteiger partial charge in [-0.2, -0.15) is 0 Å². The van der Waals surface area contributed by atoms with Gasteiger partial charge in [-0.3, -0.25) is 0 Å². The molecule has 0 bridgehead atoms. The number of aromatic nitrogens is 2. The highest BCUT2D eigenvalue weighted by molar-refractivity contribution is 5.78. The lowest BCUT2D eigenvalue weighted by molar-refractivity contribution is 0.323. The SMILES string of the molecule is CCOc1cc2ccccc2nn1. The van der Waals surface area contributed by atoms with E-state index in [0.29, 0.717) is 12.5 Å². The third-order valence-corrected chi connectivity index (χ3v) is 1.76. The maximum Gasteiger partial charge on any atom is 0.234 e. The van der Waals surface area contributed by atoms with Gasteiger partial charge in [0.2, 0.25) is 5.88 Å². The van der Waals surface area contributed by atoms with Crippen molar-refractivity contribution in [3.05, 3.63) is 30.3 Å². The van der Waals surface area contributed by atoms with E-state index in [1.54, 1.807) is 0 Å². The van der Waals surface area contributed by atoms with Crippen LogP contribution in [0.4, 0.5) is 0 Å². The van der Waals surface area contributed by atoms with Gasteiger partial charge in [0.15, 0.2) is 0 Å². The van der Waals surface area contributed by atoms with Crippen LogP contribution in [0.15, 0.2) is 30.3 Å². The summed E-state index contributed by atoms with van der Waals surface area (Å²) in [7, 11) is 0. The van der Waals surface area contributed by atoms with Crippen LogP contribution in [0.5, 0.6) is 5.88 Å². The van der Waals surface area contributed by atoms with Crippen LogP contribution < -0.4 is 4.74 Å². The topological polar surface area (TPSA) is 35.0 Å². The van der Waals surface area contributed by atoms with Crippen molar-refractivity contribution in [2.75, 3.05) is 6.61 Å². The number of nitrogens with zero attached hydrogens (tertiary/aromatic N) is 2. The molecule has 0 amide bonds. The minimum absolute atomic E-state index is 0.584. The average Bonchev–Trinajstić information content (AvgIpc) is 2.18. The van der Waals surface area contributed by atoms with Gasteiger partial charge in [0.05, 0.1) is 12.1 Å². The van der Waals surface area contributed by atoms with E-state index < -0.39 is 0 Å². The molecule has 1 aromatic carbocycles. The average molecular weight is 174 g/mol. The fraction of sp³-hybridized carbons (Fsp3) is 0.200. The predicted octanol–water partition coefficient (Wildman–Crippen LogP) is 2.03. The maximum absolute atomic E-state index is 5.24. The highest BCUT2D eigenvalue weighted by Gasteiger charge is 1.97. The van der Waals surface area contributed by atoms with Gasteiger partial charge in [0, 0.05) is 11.5 Å². The summed E-state index contributed by atoms with van der Waals surface area (Å²) in [5.41, 5.74) is 0.894. The summed E-state index contributed by atoms with van der Waals surface area (Å²) < 4.78 is 5.24. The van der Waals surface area contributed by atoms with Crippen LogP contribution in [-0.2, 0) is 0 Å². The Morgan fingerprint density at radius 1 is 1.23 bits per heavy atom. The molecule has 1 aromatic heterocycles. The molecule has 1 heterocycles. The number of hydrogen-bond donors (Lipinski definition) is 0. The van der Waals surface area contributed by atoms with Crippen molar-refractivity contribution >= 4 is 10.9 Å². The summed E-state index contributed by atoms with van der Waals surface area (Å²) in [5.74, 6) is 0.584. The van der Waals surface area contributed by atoms with Crippen LogP contribution in [0.25, 0.3) is 10.9 Å². The van der Waals surface area contributed by atoms with Crippen molar-refractivity contribution in [2.45, 2.75) is 6.92 Å².